The molecule has 2 heterocycles. The van der Waals surface area contributed by atoms with Crippen molar-refractivity contribution in [1.82, 2.24) is 0 Å². The van der Waals surface area contributed by atoms with Crippen LogP contribution < -0.4 is 22.3 Å². The highest BCUT2D eigenvalue weighted by Gasteiger charge is 2.11. The van der Waals surface area contributed by atoms with E-state index in [-0.39, 0.29) is 11.3 Å². The molecule has 0 aliphatic carbocycles. The van der Waals surface area contributed by atoms with Crippen LogP contribution in [0.15, 0.2) is 85.2 Å². The number of nitrogens with one attached hydrogen (secondary N) is 1. The summed E-state index contributed by atoms with van der Waals surface area (Å²) >= 11 is 0. The highest BCUT2D eigenvalue weighted by Crippen LogP contribution is 2.32. The van der Waals surface area contributed by atoms with Gasteiger partial charge in [0.05, 0.1) is 11.1 Å². The predicted octanol–water partition coefficient (Wildman–Crippen LogP) is 4.38. The van der Waals surface area contributed by atoms with Crippen LogP contribution in [-0.4, -0.2) is 0 Å². The van der Waals surface area contributed by atoms with Gasteiger partial charge in [0.15, 0.2) is 0 Å². The Labute approximate surface area is 157 Å². The van der Waals surface area contributed by atoms with Crippen LogP contribution in [0.2, 0.25) is 0 Å². The van der Waals surface area contributed by atoms with E-state index >= 15 is 0 Å². The molecule has 0 spiro atoms. The lowest BCUT2D eigenvalue weighted by Gasteiger charge is -2.12. The van der Waals surface area contributed by atoms with Gasteiger partial charge in [-0.1, -0.05) is 24.3 Å². The summed E-state index contributed by atoms with van der Waals surface area (Å²) in [7, 11) is 0. The molecule has 5 rings (SSSR count). The third-order valence-electron chi connectivity index (χ3n) is 4.68. The van der Waals surface area contributed by atoms with Gasteiger partial charge in [-0.15, -0.1) is 0 Å². The van der Waals surface area contributed by atoms with E-state index in [4.69, 9.17) is 14.6 Å². The molecule has 0 radical (unpaired) electrons. The van der Waals surface area contributed by atoms with Crippen molar-refractivity contribution in [2.45, 2.75) is 0 Å². The predicted molar refractivity (Wildman–Crippen MR) is 110 cm³/mol. The minimum absolute atomic E-state index is 0.0579. The van der Waals surface area contributed by atoms with Crippen LogP contribution in [-0.2, 0) is 0 Å². The maximum atomic E-state index is 12.2. The molecule has 0 unspecified atom stereocenters. The van der Waals surface area contributed by atoms with E-state index in [0.717, 1.165) is 22.1 Å². The van der Waals surface area contributed by atoms with E-state index in [0.29, 0.717) is 21.9 Å². The van der Waals surface area contributed by atoms with Crippen molar-refractivity contribution in [3.05, 3.63) is 87.6 Å². The van der Waals surface area contributed by atoms with Crippen molar-refractivity contribution in [3.8, 4) is 0 Å². The molecule has 0 bridgehead atoms. The number of hydrogen-bond donors (Lipinski definition) is 2. The molecule has 0 saturated carbocycles. The molecule has 0 saturated heterocycles. The van der Waals surface area contributed by atoms with E-state index in [1.807, 2.05) is 42.5 Å². The topological polar surface area (TPSA) is 98.5 Å². The van der Waals surface area contributed by atoms with Crippen LogP contribution in [0.3, 0.4) is 0 Å². The zero-order chi connectivity index (χ0) is 19.3. The zero-order valence-corrected chi connectivity index (χ0v) is 14.6. The molecule has 3 aromatic carbocycles. The number of benzene rings is 3. The first-order valence-electron chi connectivity index (χ1n) is 8.65. The van der Waals surface area contributed by atoms with Crippen LogP contribution >= 0.6 is 0 Å². The minimum atomic E-state index is -0.552. The van der Waals surface area contributed by atoms with Gasteiger partial charge in [-0.05, 0) is 42.5 Å². The summed E-state index contributed by atoms with van der Waals surface area (Å²) in [5.41, 5.74) is 7.35. The van der Waals surface area contributed by atoms with Gasteiger partial charge < -0.3 is 19.9 Å². The molecule has 0 amide bonds. The first-order chi connectivity index (χ1) is 13.6. The van der Waals surface area contributed by atoms with Crippen molar-refractivity contribution >= 4 is 49.8 Å². The van der Waals surface area contributed by atoms with Crippen molar-refractivity contribution < 1.29 is 8.83 Å². The summed E-state index contributed by atoms with van der Waals surface area (Å²) in [6, 6.07) is 19.8. The third kappa shape index (κ3) is 2.51. The van der Waals surface area contributed by atoms with Crippen LogP contribution in [0.4, 0.5) is 17.1 Å². The van der Waals surface area contributed by atoms with Gasteiger partial charge in [0.1, 0.15) is 16.9 Å². The van der Waals surface area contributed by atoms with Crippen molar-refractivity contribution in [3.63, 3.8) is 0 Å². The third-order valence-corrected chi connectivity index (χ3v) is 4.68. The molecule has 3 N–H and O–H groups in total. The summed E-state index contributed by atoms with van der Waals surface area (Å²) in [6.45, 7) is 0. The Kier molecular flexibility index (Phi) is 3.45. The molecule has 28 heavy (non-hydrogen) atoms. The number of nitrogen functional groups attached to an aromatic ring is 1. The summed E-state index contributed by atoms with van der Waals surface area (Å²) in [5, 5.41) is 6.22. The smallest absolute Gasteiger partial charge is 0.359 e. The molecule has 0 fully saturated rings. The minimum Gasteiger partial charge on any atom is -0.422 e. The maximum absolute atomic E-state index is 12.2. The van der Waals surface area contributed by atoms with E-state index in [9.17, 15) is 9.59 Å². The molecule has 0 aliphatic heterocycles. The normalized spacial score (nSPS) is 11.3. The Bertz CT molecular complexity index is 1500. The Balaban J connectivity index is 1.71. The lowest BCUT2D eigenvalue weighted by Crippen LogP contribution is -2.05. The molecule has 0 atom stereocenters. The molecule has 5 aromatic rings. The highest BCUT2D eigenvalue weighted by atomic mass is 16.4. The lowest BCUT2D eigenvalue weighted by molar-refractivity contribution is 0.564. The Morgan fingerprint density at radius 1 is 0.750 bits per heavy atom. The Morgan fingerprint density at radius 2 is 1.54 bits per heavy atom. The average molecular weight is 370 g/mol. The van der Waals surface area contributed by atoms with E-state index in [1.54, 1.807) is 24.3 Å². The molecule has 0 aliphatic rings. The molecular weight excluding hydrogens is 356 g/mol. The summed E-state index contributed by atoms with van der Waals surface area (Å²) in [4.78, 5) is 23.8. The van der Waals surface area contributed by atoms with Crippen LogP contribution in [0.25, 0.3) is 32.7 Å². The second-order valence-corrected chi connectivity index (χ2v) is 6.48. The van der Waals surface area contributed by atoms with Gasteiger partial charge >= 0.3 is 11.3 Å². The molecule has 6 heteroatoms. The van der Waals surface area contributed by atoms with Crippen LogP contribution in [0.5, 0.6) is 0 Å². The van der Waals surface area contributed by atoms with Crippen LogP contribution in [0, 0.1) is 0 Å². The average Bonchev–Trinajstić information content (AvgIpc) is 2.69. The fraction of sp³-hybridized carbons (Fsp3) is 0. The van der Waals surface area contributed by atoms with E-state index in [2.05, 4.69) is 5.32 Å². The first-order valence-corrected chi connectivity index (χ1v) is 8.65. The van der Waals surface area contributed by atoms with Gasteiger partial charge in [-0.25, -0.2) is 9.59 Å². The zero-order valence-electron chi connectivity index (χ0n) is 14.6. The number of anilines is 3. The number of rotatable bonds is 2. The van der Waals surface area contributed by atoms with Gasteiger partial charge in [-0.2, -0.15) is 0 Å². The number of nitrogens with two attached hydrogens (primary N) is 1. The first kappa shape index (κ1) is 16.1. The largest absolute Gasteiger partial charge is 0.422 e. The summed E-state index contributed by atoms with van der Waals surface area (Å²) in [6.07, 6.45) is 0. The molecule has 2 aromatic heterocycles. The maximum Gasteiger partial charge on any atom is 0.359 e. The highest BCUT2D eigenvalue weighted by molar-refractivity contribution is 6.11. The number of hydrogen-bond acceptors (Lipinski definition) is 6. The Morgan fingerprint density at radius 3 is 2.39 bits per heavy atom. The fourth-order valence-corrected chi connectivity index (χ4v) is 3.40. The van der Waals surface area contributed by atoms with Crippen molar-refractivity contribution in [2.75, 3.05) is 11.1 Å². The van der Waals surface area contributed by atoms with E-state index in [1.165, 1.54) is 0 Å². The van der Waals surface area contributed by atoms with Crippen molar-refractivity contribution in [2.24, 2.45) is 0 Å². The number of fused-ring (bicyclic) bond motifs is 4. The SMILES string of the molecule is Nc1cc2cc(Nc3cccc4oc(=O)c5ccccc5c34)ccc2oc1=O. The monoisotopic (exact) mass is 370 g/mol. The summed E-state index contributed by atoms with van der Waals surface area (Å²) < 4.78 is 10.7. The molecular formula is C22H14N2O4. The molecule has 136 valence electrons. The van der Waals surface area contributed by atoms with Gasteiger partial charge in [-0.3, -0.25) is 0 Å². The second kappa shape index (κ2) is 5.99. The van der Waals surface area contributed by atoms with Gasteiger partial charge in [0.2, 0.25) is 0 Å². The fourth-order valence-electron chi connectivity index (χ4n) is 3.40. The second-order valence-electron chi connectivity index (χ2n) is 6.48. The van der Waals surface area contributed by atoms with Gasteiger partial charge in [0.25, 0.3) is 0 Å². The lowest BCUT2D eigenvalue weighted by atomic mass is 10.1. The standard InChI is InChI=1S/C22H14N2O4/c23-16-11-12-10-13(8-9-18(12)27-22(16)26)24-17-6-3-7-19-20(17)14-4-1-2-5-15(14)21(25)28-19/h1-11,24H,23H2. The summed E-state index contributed by atoms with van der Waals surface area (Å²) in [5.74, 6) is 0. The Hall–Kier alpha value is -4.06. The van der Waals surface area contributed by atoms with Crippen molar-refractivity contribution in [1.29, 1.82) is 0 Å². The van der Waals surface area contributed by atoms with Crippen LogP contribution in [0.1, 0.15) is 0 Å². The molecule has 6 nitrogen and oxygen atoms in total. The quantitative estimate of drug-likeness (QED) is 0.353. The van der Waals surface area contributed by atoms with Gasteiger partial charge in [0, 0.05) is 21.8 Å². The van der Waals surface area contributed by atoms with E-state index < -0.39 is 5.63 Å².